The molecule has 1 N–H and O–H groups in total. The van der Waals surface area contributed by atoms with Gasteiger partial charge in [-0.25, -0.2) is 9.97 Å². The Labute approximate surface area is 240 Å². The van der Waals surface area contributed by atoms with E-state index in [4.69, 9.17) is 9.97 Å². The van der Waals surface area contributed by atoms with E-state index >= 15 is 0 Å². The second kappa shape index (κ2) is 10.7. The van der Waals surface area contributed by atoms with Crippen molar-refractivity contribution in [1.29, 1.82) is 0 Å². The average Bonchev–Trinajstić information content (AvgIpc) is 3.05. The van der Waals surface area contributed by atoms with Gasteiger partial charge < -0.3 is 5.32 Å². The molecule has 0 saturated heterocycles. The van der Waals surface area contributed by atoms with Crippen LogP contribution < -0.4 is 5.32 Å². The van der Waals surface area contributed by atoms with Crippen molar-refractivity contribution in [2.45, 2.75) is 13.0 Å². The number of hydrogen-bond donors (Lipinski definition) is 1. The highest BCUT2D eigenvalue weighted by Crippen LogP contribution is 2.32. The molecule has 3 nitrogen and oxygen atoms in total. The standard InChI is InChI=1S/C38H29N3/c1-2-27(12-11-26-7-4-3-5-8-26)35-21-19-31-17-18-32-20-22-36(41-38(32)37(31)40-35)30-15-13-29(14-16-30)33-10-6-9-28-23-24-39-25-34(28)33/h2-7,9-24,39H,1,8,25H2/b26-11-,27-12+. The summed E-state index contributed by atoms with van der Waals surface area (Å²) in [5, 5.41) is 5.49. The van der Waals surface area contributed by atoms with Crippen LogP contribution >= 0.6 is 0 Å². The van der Waals surface area contributed by atoms with Crippen molar-refractivity contribution in [3.8, 4) is 22.4 Å². The minimum absolute atomic E-state index is 0.840. The third kappa shape index (κ3) is 4.83. The third-order valence-corrected chi connectivity index (χ3v) is 7.79. The minimum Gasteiger partial charge on any atom is -0.387 e. The van der Waals surface area contributed by atoms with Gasteiger partial charge in [-0.15, -0.1) is 0 Å². The number of nitrogens with one attached hydrogen (secondary N) is 1. The molecule has 2 aromatic heterocycles. The fraction of sp³-hybridized carbons (Fsp3) is 0.0526. The molecule has 2 aliphatic rings. The second-order valence-corrected chi connectivity index (χ2v) is 10.3. The van der Waals surface area contributed by atoms with Crippen LogP contribution in [0.25, 0.3) is 55.8 Å². The molecule has 1 aliphatic carbocycles. The highest BCUT2D eigenvalue weighted by Gasteiger charge is 2.12. The Kier molecular flexibility index (Phi) is 6.46. The molecular weight excluding hydrogens is 498 g/mol. The molecule has 5 aromatic rings. The first-order valence-corrected chi connectivity index (χ1v) is 14.0. The van der Waals surface area contributed by atoms with E-state index in [0.717, 1.165) is 57.3 Å². The number of nitrogens with zero attached hydrogens (tertiary/aromatic N) is 2. The molecule has 3 aromatic carbocycles. The zero-order chi connectivity index (χ0) is 27.6. The summed E-state index contributed by atoms with van der Waals surface area (Å²) in [6, 6.07) is 27.9. The Morgan fingerprint density at radius 3 is 2.37 bits per heavy atom. The maximum atomic E-state index is 5.14. The molecule has 0 saturated carbocycles. The summed E-state index contributed by atoms with van der Waals surface area (Å²) in [5.74, 6) is 0. The number of hydrogen-bond acceptors (Lipinski definition) is 3. The van der Waals surface area contributed by atoms with E-state index in [-0.39, 0.29) is 0 Å². The van der Waals surface area contributed by atoms with Gasteiger partial charge in [0.25, 0.3) is 0 Å². The van der Waals surface area contributed by atoms with Crippen LogP contribution in [0.3, 0.4) is 0 Å². The molecule has 0 amide bonds. The number of aromatic nitrogens is 2. The summed E-state index contributed by atoms with van der Waals surface area (Å²) in [4.78, 5) is 10.2. The Balaban J connectivity index is 1.26. The second-order valence-electron chi connectivity index (χ2n) is 10.3. The van der Waals surface area contributed by atoms with Gasteiger partial charge in [-0.3, -0.25) is 0 Å². The largest absolute Gasteiger partial charge is 0.387 e. The Bertz CT molecular complexity index is 1970. The summed E-state index contributed by atoms with van der Waals surface area (Å²) in [6.07, 6.45) is 19.6. The van der Waals surface area contributed by atoms with Gasteiger partial charge in [0.05, 0.1) is 22.4 Å². The van der Waals surface area contributed by atoms with Crippen LogP contribution in [0.15, 0.2) is 140 Å². The molecule has 1 aliphatic heterocycles. The van der Waals surface area contributed by atoms with Crippen LogP contribution in [-0.4, -0.2) is 9.97 Å². The lowest BCUT2D eigenvalue weighted by Gasteiger charge is -2.17. The number of fused-ring (bicyclic) bond motifs is 4. The molecule has 3 heteroatoms. The molecule has 7 rings (SSSR count). The molecule has 0 radical (unpaired) electrons. The third-order valence-electron chi connectivity index (χ3n) is 7.79. The lowest BCUT2D eigenvalue weighted by Crippen LogP contribution is -2.11. The quantitative estimate of drug-likeness (QED) is 0.183. The van der Waals surface area contributed by atoms with Gasteiger partial charge in [-0.1, -0.05) is 116 Å². The molecule has 0 unspecified atom stereocenters. The molecule has 0 bridgehead atoms. The van der Waals surface area contributed by atoms with Crippen LogP contribution in [0.1, 0.15) is 23.2 Å². The summed E-state index contributed by atoms with van der Waals surface area (Å²) in [5.41, 5.74) is 12.0. The number of pyridine rings is 2. The zero-order valence-electron chi connectivity index (χ0n) is 22.7. The van der Waals surface area contributed by atoms with E-state index in [1.165, 1.54) is 27.8 Å². The van der Waals surface area contributed by atoms with Gasteiger partial charge in [0, 0.05) is 22.9 Å². The van der Waals surface area contributed by atoms with Gasteiger partial charge in [-0.2, -0.15) is 0 Å². The molecule has 3 heterocycles. The maximum Gasteiger partial charge on any atom is 0.0972 e. The Morgan fingerprint density at radius 2 is 1.56 bits per heavy atom. The summed E-state index contributed by atoms with van der Waals surface area (Å²) >= 11 is 0. The van der Waals surface area contributed by atoms with Crippen LogP contribution in [0.2, 0.25) is 0 Å². The van der Waals surface area contributed by atoms with E-state index in [1.54, 1.807) is 0 Å². The lowest BCUT2D eigenvalue weighted by molar-refractivity contribution is 0.861. The van der Waals surface area contributed by atoms with Crippen molar-refractivity contribution in [1.82, 2.24) is 15.3 Å². The fourth-order valence-electron chi connectivity index (χ4n) is 5.56. The minimum atomic E-state index is 0.840. The molecule has 196 valence electrons. The number of allylic oxidation sites excluding steroid dienone is 9. The lowest BCUT2D eigenvalue weighted by atomic mass is 9.93. The van der Waals surface area contributed by atoms with Crippen molar-refractivity contribution in [2.75, 3.05) is 0 Å². The summed E-state index contributed by atoms with van der Waals surface area (Å²) < 4.78 is 0. The predicted molar refractivity (Wildman–Crippen MR) is 173 cm³/mol. The summed E-state index contributed by atoms with van der Waals surface area (Å²) in [6.45, 7) is 4.90. The van der Waals surface area contributed by atoms with E-state index in [9.17, 15) is 0 Å². The van der Waals surface area contributed by atoms with Crippen molar-refractivity contribution < 1.29 is 0 Å². The van der Waals surface area contributed by atoms with Crippen LogP contribution in [-0.2, 0) is 6.54 Å². The van der Waals surface area contributed by atoms with Crippen LogP contribution in [0, 0.1) is 0 Å². The van der Waals surface area contributed by atoms with Crippen molar-refractivity contribution in [2.24, 2.45) is 0 Å². The molecule has 0 fully saturated rings. The Morgan fingerprint density at radius 1 is 0.780 bits per heavy atom. The van der Waals surface area contributed by atoms with Crippen molar-refractivity contribution in [3.05, 3.63) is 157 Å². The van der Waals surface area contributed by atoms with Gasteiger partial charge in [0.1, 0.15) is 0 Å². The van der Waals surface area contributed by atoms with E-state index in [2.05, 4.69) is 133 Å². The number of benzene rings is 3. The van der Waals surface area contributed by atoms with Crippen molar-refractivity contribution >= 4 is 33.5 Å². The van der Waals surface area contributed by atoms with E-state index in [0.29, 0.717) is 0 Å². The topological polar surface area (TPSA) is 37.8 Å². The first-order chi connectivity index (χ1) is 20.3. The van der Waals surface area contributed by atoms with E-state index in [1.807, 2.05) is 12.3 Å². The molecular formula is C38H29N3. The van der Waals surface area contributed by atoms with Gasteiger partial charge in [0.2, 0.25) is 0 Å². The normalized spacial score (nSPS) is 15.3. The van der Waals surface area contributed by atoms with Gasteiger partial charge >= 0.3 is 0 Å². The maximum absolute atomic E-state index is 5.14. The molecule has 0 spiro atoms. The first-order valence-electron chi connectivity index (χ1n) is 14.0. The summed E-state index contributed by atoms with van der Waals surface area (Å²) in [7, 11) is 0. The first kappa shape index (κ1) is 24.7. The highest BCUT2D eigenvalue weighted by molar-refractivity contribution is 6.04. The van der Waals surface area contributed by atoms with Gasteiger partial charge in [-0.05, 0) is 64.2 Å². The van der Waals surface area contributed by atoms with Crippen LogP contribution in [0.4, 0.5) is 0 Å². The molecule has 41 heavy (non-hydrogen) atoms. The fourth-order valence-corrected chi connectivity index (χ4v) is 5.56. The Hall–Kier alpha value is -5.28. The smallest absolute Gasteiger partial charge is 0.0972 e. The predicted octanol–water partition coefficient (Wildman–Crippen LogP) is 9.20. The average molecular weight is 528 g/mol. The van der Waals surface area contributed by atoms with E-state index < -0.39 is 0 Å². The van der Waals surface area contributed by atoms with Crippen molar-refractivity contribution in [3.63, 3.8) is 0 Å². The monoisotopic (exact) mass is 527 g/mol. The van der Waals surface area contributed by atoms with Crippen LogP contribution in [0.5, 0.6) is 0 Å². The number of rotatable bonds is 5. The zero-order valence-corrected chi connectivity index (χ0v) is 22.7. The highest BCUT2D eigenvalue weighted by atomic mass is 14.8. The SMILES string of the molecule is C=C/C(=C\C=C1\C=CC=CC1)c1ccc2ccc3ccc(-c4ccc(-c5cccc6c5CNC=C6)cc4)nc3c2n1. The molecule has 0 atom stereocenters. The van der Waals surface area contributed by atoms with Gasteiger partial charge in [0.15, 0.2) is 0 Å².